The molecule has 2 aromatic heterocycles. The zero-order valence-electron chi connectivity index (χ0n) is 17.3. The lowest BCUT2D eigenvalue weighted by Crippen LogP contribution is -2.40. The summed E-state index contributed by atoms with van der Waals surface area (Å²) < 4.78 is 4.46. The van der Waals surface area contributed by atoms with Crippen LogP contribution in [0.4, 0.5) is 5.95 Å². The van der Waals surface area contributed by atoms with Gasteiger partial charge in [-0.15, -0.1) is 6.58 Å². The first-order chi connectivity index (χ1) is 14.4. The highest BCUT2D eigenvalue weighted by Gasteiger charge is 2.30. The first kappa shape index (κ1) is 19.6. The smallest absolute Gasteiger partial charge is 0.294 e. The molecule has 1 atom stereocenters. The van der Waals surface area contributed by atoms with Crippen LogP contribution in [0.5, 0.6) is 0 Å². The predicted octanol–water partition coefficient (Wildman–Crippen LogP) is 2.55. The Hall–Kier alpha value is -3.68. The molecule has 4 rings (SSSR count). The minimum absolute atomic E-state index is 0.146. The quantitative estimate of drug-likeness (QED) is 0.613. The van der Waals surface area contributed by atoms with E-state index < -0.39 is 5.69 Å². The van der Waals surface area contributed by atoms with Crippen LogP contribution in [-0.2, 0) is 13.6 Å². The maximum atomic E-state index is 13.2. The van der Waals surface area contributed by atoms with E-state index in [2.05, 4.69) is 16.7 Å². The van der Waals surface area contributed by atoms with Crippen LogP contribution < -0.4 is 16.3 Å². The van der Waals surface area contributed by atoms with Crippen LogP contribution >= 0.6 is 0 Å². The zero-order valence-corrected chi connectivity index (χ0v) is 17.3. The van der Waals surface area contributed by atoms with Crippen molar-refractivity contribution in [2.75, 3.05) is 11.6 Å². The fourth-order valence-electron chi connectivity index (χ4n) is 3.65. The highest BCUT2D eigenvalue weighted by molar-refractivity contribution is 5.91. The van der Waals surface area contributed by atoms with E-state index in [0.717, 1.165) is 11.3 Å². The Kier molecular flexibility index (Phi) is 4.99. The van der Waals surface area contributed by atoms with Crippen LogP contribution in [0.2, 0.25) is 0 Å². The maximum absolute atomic E-state index is 13.2. The molecule has 0 radical (unpaired) electrons. The molecule has 1 aliphatic heterocycles. The molecular formula is C22H24N6O2. The van der Waals surface area contributed by atoms with Crippen molar-refractivity contribution < 1.29 is 0 Å². The molecule has 0 amide bonds. The monoisotopic (exact) mass is 404 g/mol. The van der Waals surface area contributed by atoms with Gasteiger partial charge in [-0.3, -0.25) is 18.5 Å². The lowest BCUT2D eigenvalue weighted by atomic mass is 10.2. The molecule has 0 saturated heterocycles. The number of allylic oxidation sites excluding steroid dienone is 1. The van der Waals surface area contributed by atoms with Crippen molar-refractivity contribution >= 4 is 28.9 Å². The molecular weight excluding hydrogens is 380 g/mol. The number of hydrogen-bond donors (Lipinski definition) is 0. The lowest BCUT2D eigenvalue weighted by Gasteiger charge is -2.28. The Morgan fingerprint density at radius 3 is 2.60 bits per heavy atom. The van der Waals surface area contributed by atoms with Gasteiger partial charge in [-0.05, 0) is 19.4 Å². The van der Waals surface area contributed by atoms with E-state index in [9.17, 15) is 9.59 Å². The van der Waals surface area contributed by atoms with Crippen molar-refractivity contribution in [2.24, 2.45) is 12.1 Å². The van der Waals surface area contributed by atoms with Gasteiger partial charge < -0.3 is 0 Å². The van der Waals surface area contributed by atoms with Crippen molar-refractivity contribution in [1.29, 1.82) is 0 Å². The average molecular weight is 404 g/mol. The van der Waals surface area contributed by atoms with Gasteiger partial charge in [0.2, 0.25) is 5.95 Å². The first-order valence-electron chi connectivity index (χ1n) is 9.81. The third kappa shape index (κ3) is 3.10. The van der Waals surface area contributed by atoms with E-state index in [1.54, 1.807) is 18.1 Å². The highest BCUT2D eigenvalue weighted by atomic mass is 16.2. The number of nitrogens with zero attached hydrogens (tertiary/aromatic N) is 6. The van der Waals surface area contributed by atoms with Gasteiger partial charge >= 0.3 is 5.69 Å². The molecule has 0 N–H and O–H groups in total. The van der Waals surface area contributed by atoms with E-state index >= 15 is 0 Å². The second-order valence-electron chi connectivity index (χ2n) is 7.31. The minimum atomic E-state index is -0.413. The summed E-state index contributed by atoms with van der Waals surface area (Å²) in [7, 11) is 1.63. The number of aryl methyl sites for hydroxylation is 1. The molecule has 0 fully saturated rings. The average Bonchev–Trinajstić information content (AvgIpc) is 3.15. The van der Waals surface area contributed by atoms with E-state index in [1.165, 1.54) is 9.13 Å². The summed E-state index contributed by atoms with van der Waals surface area (Å²) in [5, 5.41) is 6.43. The summed E-state index contributed by atoms with van der Waals surface area (Å²) in [6.45, 7) is 8.19. The van der Waals surface area contributed by atoms with Crippen LogP contribution in [-0.4, -0.2) is 30.9 Å². The Bertz CT molecular complexity index is 1290. The molecule has 1 aliphatic rings. The fourth-order valence-corrected chi connectivity index (χ4v) is 3.65. The van der Waals surface area contributed by atoms with E-state index in [4.69, 9.17) is 0 Å². The molecule has 154 valence electrons. The van der Waals surface area contributed by atoms with E-state index in [0.29, 0.717) is 23.7 Å². The van der Waals surface area contributed by atoms with Gasteiger partial charge in [0, 0.05) is 13.6 Å². The van der Waals surface area contributed by atoms with Crippen LogP contribution in [0.15, 0.2) is 63.8 Å². The van der Waals surface area contributed by atoms with E-state index in [-0.39, 0.29) is 18.1 Å². The molecule has 1 aromatic carbocycles. The van der Waals surface area contributed by atoms with Crippen LogP contribution in [0.25, 0.3) is 17.2 Å². The Morgan fingerprint density at radius 1 is 1.17 bits per heavy atom. The molecule has 0 bridgehead atoms. The Morgan fingerprint density at radius 2 is 1.90 bits per heavy atom. The molecule has 0 spiro atoms. The zero-order chi connectivity index (χ0) is 21.4. The van der Waals surface area contributed by atoms with Crippen LogP contribution in [0.3, 0.4) is 0 Å². The molecule has 30 heavy (non-hydrogen) atoms. The third-order valence-electron chi connectivity index (χ3n) is 5.36. The topological polar surface area (TPSA) is 77.4 Å². The number of imidazole rings is 1. The number of hydrogen-bond acceptors (Lipinski definition) is 5. The van der Waals surface area contributed by atoms with Gasteiger partial charge in [0.05, 0.1) is 18.3 Å². The van der Waals surface area contributed by atoms with Crippen LogP contribution in [0, 0.1) is 0 Å². The fraction of sp³-hybridized carbons (Fsp3) is 0.273. The number of rotatable bonds is 5. The molecule has 3 aromatic rings. The molecule has 1 unspecified atom stereocenters. The second-order valence-corrected chi connectivity index (χ2v) is 7.31. The summed E-state index contributed by atoms with van der Waals surface area (Å²) in [6.07, 6.45) is 5.56. The summed E-state index contributed by atoms with van der Waals surface area (Å²) in [5.41, 5.74) is 1.92. The van der Waals surface area contributed by atoms with Gasteiger partial charge in [-0.1, -0.05) is 48.6 Å². The van der Waals surface area contributed by atoms with Gasteiger partial charge in [0.1, 0.15) is 0 Å². The van der Waals surface area contributed by atoms with E-state index in [1.807, 2.05) is 60.9 Å². The minimum Gasteiger partial charge on any atom is -0.294 e. The maximum Gasteiger partial charge on any atom is 0.332 e. The molecule has 3 heterocycles. The summed E-state index contributed by atoms with van der Waals surface area (Å²) in [5.74, 6) is 0.546. The standard InChI is InChI=1S/C22H24N6O2/c1-5-13-26-20(29)18-19(25(4)22(26)30)23-21-27(24-15(2)16(3)28(18)21)14-9-12-17-10-7-6-8-11-17/h5-12,16H,1,13-14H2,2-4H3/b12-9+. The summed E-state index contributed by atoms with van der Waals surface area (Å²) >= 11 is 0. The van der Waals surface area contributed by atoms with Crippen molar-refractivity contribution in [3.8, 4) is 0 Å². The Balaban J connectivity index is 1.85. The summed E-state index contributed by atoms with van der Waals surface area (Å²) in [6, 6.07) is 9.84. The SMILES string of the molecule is C=CCn1c(=O)c2c(nc3n2C(C)C(C)=NN3C/C=C/c2ccccc2)n(C)c1=O. The van der Waals surface area contributed by atoms with Crippen LogP contribution in [0.1, 0.15) is 25.5 Å². The van der Waals surface area contributed by atoms with Crippen molar-refractivity contribution in [1.82, 2.24) is 18.7 Å². The van der Waals surface area contributed by atoms with Gasteiger partial charge in [0.25, 0.3) is 5.56 Å². The Labute approximate surface area is 173 Å². The normalized spacial score (nSPS) is 16.2. The predicted molar refractivity (Wildman–Crippen MR) is 120 cm³/mol. The number of benzene rings is 1. The van der Waals surface area contributed by atoms with Crippen molar-refractivity contribution in [3.63, 3.8) is 0 Å². The van der Waals surface area contributed by atoms with Gasteiger partial charge in [-0.25, -0.2) is 9.80 Å². The first-order valence-corrected chi connectivity index (χ1v) is 9.81. The lowest BCUT2D eigenvalue weighted by molar-refractivity contribution is 0.638. The summed E-state index contributed by atoms with van der Waals surface area (Å²) in [4.78, 5) is 30.4. The number of hydrazone groups is 1. The van der Waals surface area contributed by atoms with Crippen molar-refractivity contribution in [3.05, 3.63) is 75.5 Å². The van der Waals surface area contributed by atoms with Gasteiger partial charge in [0.15, 0.2) is 11.2 Å². The number of aromatic nitrogens is 4. The van der Waals surface area contributed by atoms with Gasteiger partial charge in [-0.2, -0.15) is 10.1 Å². The molecule has 8 nitrogen and oxygen atoms in total. The molecule has 0 aliphatic carbocycles. The molecule has 0 saturated carbocycles. The second kappa shape index (κ2) is 7.62. The third-order valence-corrected chi connectivity index (χ3v) is 5.36. The number of anilines is 1. The number of fused-ring (bicyclic) bond motifs is 3. The highest BCUT2D eigenvalue weighted by Crippen LogP contribution is 2.29. The largest absolute Gasteiger partial charge is 0.332 e. The van der Waals surface area contributed by atoms with Crippen molar-refractivity contribution in [2.45, 2.75) is 26.4 Å². The molecule has 8 heteroatoms.